The van der Waals surface area contributed by atoms with Gasteiger partial charge in [0.1, 0.15) is 12.4 Å². The number of carbonyl (C=O) groups excluding carboxylic acids is 1. The molecule has 1 heterocycles. The van der Waals surface area contributed by atoms with E-state index in [0.717, 1.165) is 11.1 Å². The maximum absolute atomic E-state index is 12.1. The summed E-state index contributed by atoms with van der Waals surface area (Å²) in [6.45, 7) is 0.239. The van der Waals surface area contributed by atoms with E-state index in [1.807, 2.05) is 60.7 Å². The average molecular weight is 321 g/mol. The molecule has 0 spiro atoms. The second-order valence-electron chi connectivity index (χ2n) is 5.42. The fourth-order valence-corrected chi connectivity index (χ4v) is 2.44. The van der Waals surface area contributed by atoms with Gasteiger partial charge in [0.15, 0.2) is 0 Å². The minimum atomic E-state index is -0.462. The minimum absolute atomic E-state index is 0.239. The lowest BCUT2D eigenvalue weighted by molar-refractivity contribution is 0.135. The molecule has 3 aromatic rings. The van der Waals surface area contributed by atoms with Crippen LogP contribution in [0.1, 0.15) is 23.0 Å². The van der Waals surface area contributed by atoms with Crippen LogP contribution in [0.4, 0.5) is 4.79 Å². The number of alkyl carbamates (subject to hydrolysis) is 1. The Hall–Kier alpha value is -3.08. The predicted molar refractivity (Wildman–Crippen MR) is 91.2 cm³/mol. The van der Waals surface area contributed by atoms with Crippen molar-refractivity contribution in [1.29, 1.82) is 0 Å². The van der Waals surface area contributed by atoms with E-state index in [-0.39, 0.29) is 12.6 Å². The number of amides is 1. The Balaban J connectivity index is 1.62. The fourth-order valence-electron chi connectivity index (χ4n) is 2.44. The molecule has 122 valence electrons. The highest BCUT2D eigenvalue weighted by Gasteiger charge is 2.18. The molecule has 1 aromatic heterocycles. The highest BCUT2D eigenvalue weighted by molar-refractivity contribution is 5.67. The van der Waals surface area contributed by atoms with Crippen LogP contribution in [0.15, 0.2) is 73.1 Å². The molecule has 0 aliphatic carbocycles. The van der Waals surface area contributed by atoms with Crippen LogP contribution in [0.3, 0.4) is 0 Å². The number of H-pyrrole nitrogens is 1. The molecule has 3 rings (SSSR count). The molecule has 2 aromatic carbocycles. The number of aromatic nitrogens is 2. The van der Waals surface area contributed by atoms with E-state index in [1.54, 1.807) is 12.4 Å². The van der Waals surface area contributed by atoms with Gasteiger partial charge >= 0.3 is 6.09 Å². The highest BCUT2D eigenvalue weighted by atomic mass is 16.5. The summed E-state index contributed by atoms with van der Waals surface area (Å²) in [7, 11) is 0. The first-order valence-electron chi connectivity index (χ1n) is 7.81. The molecule has 0 unspecified atom stereocenters. The van der Waals surface area contributed by atoms with Crippen LogP contribution in [-0.4, -0.2) is 16.1 Å². The van der Waals surface area contributed by atoms with Crippen molar-refractivity contribution in [3.8, 4) is 0 Å². The third kappa shape index (κ3) is 4.46. The number of ether oxygens (including phenoxy) is 1. The maximum Gasteiger partial charge on any atom is 0.408 e. The zero-order chi connectivity index (χ0) is 16.6. The number of nitrogens with one attached hydrogen (secondary N) is 2. The van der Waals surface area contributed by atoms with E-state index in [1.165, 1.54) is 0 Å². The lowest BCUT2D eigenvalue weighted by atomic mass is 10.1. The van der Waals surface area contributed by atoms with Gasteiger partial charge in [-0.3, -0.25) is 0 Å². The second kappa shape index (κ2) is 7.97. The molecule has 0 radical (unpaired) electrons. The summed E-state index contributed by atoms with van der Waals surface area (Å²) in [6.07, 6.45) is 3.58. The van der Waals surface area contributed by atoms with Crippen molar-refractivity contribution in [2.45, 2.75) is 19.1 Å². The molecule has 2 N–H and O–H groups in total. The van der Waals surface area contributed by atoms with Crippen LogP contribution in [0.2, 0.25) is 0 Å². The molecular formula is C19H19N3O2. The molecule has 5 heteroatoms. The van der Waals surface area contributed by atoms with Gasteiger partial charge in [-0.2, -0.15) is 0 Å². The number of hydrogen-bond donors (Lipinski definition) is 2. The third-order valence-electron chi connectivity index (χ3n) is 3.64. The molecule has 24 heavy (non-hydrogen) atoms. The van der Waals surface area contributed by atoms with Crippen molar-refractivity contribution < 1.29 is 9.53 Å². The first-order valence-corrected chi connectivity index (χ1v) is 7.81. The number of hydrogen-bond acceptors (Lipinski definition) is 3. The highest BCUT2D eigenvalue weighted by Crippen LogP contribution is 2.15. The van der Waals surface area contributed by atoms with Gasteiger partial charge in [0.05, 0.1) is 6.04 Å². The summed E-state index contributed by atoms with van der Waals surface area (Å²) < 4.78 is 5.30. The van der Waals surface area contributed by atoms with Crippen LogP contribution >= 0.6 is 0 Å². The zero-order valence-electron chi connectivity index (χ0n) is 13.2. The molecule has 5 nitrogen and oxygen atoms in total. The Bertz CT molecular complexity index is 743. The topological polar surface area (TPSA) is 67.0 Å². The van der Waals surface area contributed by atoms with Crippen molar-refractivity contribution in [2.75, 3.05) is 0 Å². The predicted octanol–water partition coefficient (Wildman–Crippen LogP) is 3.62. The van der Waals surface area contributed by atoms with Crippen molar-refractivity contribution in [3.05, 3.63) is 90.0 Å². The average Bonchev–Trinajstić information content (AvgIpc) is 3.16. The Labute approximate surface area is 140 Å². The van der Waals surface area contributed by atoms with Crippen molar-refractivity contribution >= 4 is 6.09 Å². The van der Waals surface area contributed by atoms with Crippen molar-refractivity contribution in [1.82, 2.24) is 15.3 Å². The quantitative estimate of drug-likeness (QED) is 0.728. The lowest BCUT2D eigenvalue weighted by Gasteiger charge is -2.17. The number of benzene rings is 2. The first-order chi connectivity index (χ1) is 11.8. The molecule has 1 amide bonds. The van der Waals surface area contributed by atoms with E-state index in [9.17, 15) is 4.79 Å². The van der Waals surface area contributed by atoms with Gasteiger partial charge in [0, 0.05) is 18.8 Å². The van der Waals surface area contributed by atoms with Gasteiger partial charge in [0.25, 0.3) is 0 Å². The van der Waals surface area contributed by atoms with Gasteiger partial charge in [-0.15, -0.1) is 0 Å². The molecule has 0 aliphatic rings. The molecule has 0 saturated carbocycles. The van der Waals surface area contributed by atoms with E-state index in [0.29, 0.717) is 12.2 Å². The SMILES string of the molecule is O=C(N[C@H](Cc1ccccc1)c1ncc[nH]1)OCc1ccccc1. The Morgan fingerprint density at radius 1 is 1.04 bits per heavy atom. The molecule has 0 bridgehead atoms. The van der Waals surface area contributed by atoms with Gasteiger partial charge in [-0.25, -0.2) is 9.78 Å². The third-order valence-corrected chi connectivity index (χ3v) is 3.64. The summed E-state index contributed by atoms with van der Waals surface area (Å²) in [5.74, 6) is 0.704. The van der Waals surface area contributed by atoms with E-state index in [2.05, 4.69) is 15.3 Å². The molecular weight excluding hydrogens is 302 g/mol. The van der Waals surface area contributed by atoms with E-state index < -0.39 is 6.09 Å². The van der Waals surface area contributed by atoms with Crippen molar-refractivity contribution in [2.24, 2.45) is 0 Å². The van der Waals surface area contributed by atoms with Gasteiger partial charge in [-0.1, -0.05) is 60.7 Å². The smallest absolute Gasteiger partial charge is 0.408 e. The monoisotopic (exact) mass is 321 g/mol. The first kappa shape index (κ1) is 15.8. The van der Waals surface area contributed by atoms with Gasteiger partial charge < -0.3 is 15.0 Å². The van der Waals surface area contributed by atoms with Crippen LogP contribution in [0.25, 0.3) is 0 Å². The van der Waals surface area contributed by atoms with E-state index in [4.69, 9.17) is 4.74 Å². The fraction of sp³-hybridized carbons (Fsp3) is 0.158. The molecule has 1 atom stereocenters. The number of nitrogens with zero attached hydrogens (tertiary/aromatic N) is 1. The standard InChI is InChI=1S/C19H19N3O2/c23-19(24-14-16-9-5-2-6-10-16)22-17(18-20-11-12-21-18)13-15-7-3-1-4-8-15/h1-12,17H,13-14H2,(H,20,21)(H,22,23)/t17-/m1/s1. The largest absolute Gasteiger partial charge is 0.445 e. The number of imidazole rings is 1. The summed E-state index contributed by atoms with van der Waals surface area (Å²) >= 11 is 0. The summed E-state index contributed by atoms with van der Waals surface area (Å²) in [6, 6.07) is 19.3. The second-order valence-corrected chi connectivity index (χ2v) is 5.42. The lowest BCUT2D eigenvalue weighted by Crippen LogP contribution is -2.31. The van der Waals surface area contributed by atoms with Crippen molar-refractivity contribution in [3.63, 3.8) is 0 Å². The number of aromatic amines is 1. The normalized spacial score (nSPS) is 11.7. The summed E-state index contributed by atoms with van der Waals surface area (Å²) in [4.78, 5) is 19.5. The Morgan fingerprint density at radius 3 is 2.33 bits per heavy atom. The van der Waals surface area contributed by atoms with Gasteiger partial charge in [-0.05, 0) is 11.1 Å². The maximum atomic E-state index is 12.1. The van der Waals surface area contributed by atoms with Crippen LogP contribution in [0, 0.1) is 0 Å². The van der Waals surface area contributed by atoms with E-state index >= 15 is 0 Å². The number of carbonyl (C=O) groups is 1. The molecule has 0 saturated heterocycles. The summed E-state index contributed by atoms with van der Waals surface area (Å²) in [5, 5.41) is 2.88. The zero-order valence-corrected chi connectivity index (χ0v) is 13.2. The summed E-state index contributed by atoms with van der Waals surface area (Å²) in [5.41, 5.74) is 2.06. The van der Waals surface area contributed by atoms with Crippen LogP contribution < -0.4 is 5.32 Å². The van der Waals surface area contributed by atoms with Crippen LogP contribution in [0.5, 0.6) is 0 Å². The Kier molecular flexibility index (Phi) is 5.24. The van der Waals surface area contributed by atoms with Gasteiger partial charge in [0.2, 0.25) is 0 Å². The Morgan fingerprint density at radius 2 is 1.71 bits per heavy atom. The number of rotatable bonds is 6. The van der Waals surface area contributed by atoms with Crippen LogP contribution in [-0.2, 0) is 17.8 Å². The molecule has 0 aliphatic heterocycles. The molecule has 0 fully saturated rings. The minimum Gasteiger partial charge on any atom is -0.445 e.